The summed E-state index contributed by atoms with van der Waals surface area (Å²) in [6, 6.07) is 13.0. The fraction of sp³-hybridized carbons (Fsp3) is 0.182. The number of benzene rings is 2. The second-order valence-electron chi connectivity index (χ2n) is 6.73. The van der Waals surface area contributed by atoms with E-state index in [1.807, 2.05) is 48.9 Å². The van der Waals surface area contributed by atoms with Gasteiger partial charge in [0.15, 0.2) is 5.76 Å². The summed E-state index contributed by atoms with van der Waals surface area (Å²) in [5.74, 6) is -0.0697. The summed E-state index contributed by atoms with van der Waals surface area (Å²) >= 11 is 0. The molecule has 0 saturated carbocycles. The Labute approximate surface area is 167 Å². The molecule has 0 bridgehead atoms. The summed E-state index contributed by atoms with van der Waals surface area (Å²) in [7, 11) is 1.87. The lowest BCUT2D eigenvalue weighted by molar-refractivity contribution is 0.0832. The molecule has 0 atom stereocenters. The SMILES string of the molecule is CCOc1ccc2oc(C(=O)NNC(=O)c3cn(C)c4ccccc34)c(C)c2c1. The number of furan rings is 1. The zero-order valence-electron chi connectivity index (χ0n) is 16.4. The molecule has 2 amide bonds. The van der Waals surface area contributed by atoms with Crippen LogP contribution in [0.1, 0.15) is 33.4 Å². The van der Waals surface area contributed by atoms with Crippen molar-refractivity contribution in [3.8, 4) is 5.75 Å². The van der Waals surface area contributed by atoms with Gasteiger partial charge in [0.2, 0.25) is 0 Å². The summed E-state index contributed by atoms with van der Waals surface area (Å²) in [6.07, 6.45) is 1.73. The highest BCUT2D eigenvalue weighted by Crippen LogP contribution is 2.29. The van der Waals surface area contributed by atoms with Crippen LogP contribution in [0.4, 0.5) is 0 Å². The Kier molecular flexibility index (Phi) is 4.72. The third kappa shape index (κ3) is 3.31. The molecule has 0 aliphatic carbocycles. The molecule has 7 nitrogen and oxygen atoms in total. The smallest absolute Gasteiger partial charge is 0.305 e. The predicted octanol–water partition coefficient (Wildman–Crippen LogP) is 3.71. The van der Waals surface area contributed by atoms with Crippen molar-refractivity contribution in [3.63, 3.8) is 0 Å². The topological polar surface area (TPSA) is 85.5 Å². The Morgan fingerprint density at radius 1 is 1.07 bits per heavy atom. The summed E-state index contributed by atoms with van der Waals surface area (Å²) in [5, 5.41) is 1.60. The number of hydrazine groups is 1. The molecule has 29 heavy (non-hydrogen) atoms. The number of carbonyl (C=O) groups is 2. The van der Waals surface area contributed by atoms with Gasteiger partial charge in [-0.2, -0.15) is 0 Å². The highest BCUT2D eigenvalue weighted by molar-refractivity contribution is 6.08. The van der Waals surface area contributed by atoms with Gasteiger partial charge in [0.05, 0.1) is 12.2 Å². The maximum absolute atomic E-state index is 12.6. The summed E-state index contributed by atoms with van der Waals surface area (Å²) < 4.78 is 13.1. The number of para-hydroxylation sites is 1. The van der Waals surface area contributed by atoms with Crippen LogP contribution in [0.25, 0.3) is 21.9 Å². The lowest BCUT2D eigenvalue weighted by Gasteiger charge is -2.05. The molecule has 0 fully saturated rings. The highest BCUT2D eigenvalue weighted by atomic mass is 16.5. The molecule has 4 aromatic rings. The van der Waals surface area contributed by atoms with Crippen molar-refractivity contribution in [2.45, 2.75) is 13.8 Å². The Hall–Kier alpha value is -3.74. The van der Waals surface area contributed by atoms with Crippen LogP contribution in [0.3, 0.4) is 0 Å². The van der Waals surface area contributed by atoms with Gasteiger partial charge in [-0.3, -0.25) is 20.4 Å². The first-order valence-electron chi connectivity index (χ1n) is 9.30. The molecule has 148 valence electrons. The molecule has 2 heterocycles. The van der Waals surface area contributed by atoms with Crippen LogP contribution in [-0.2, 0) is 7.05 Å². The number of carbonyl (C=O) groups excluding carboxylic acids is 2. The first-order chi connectivity index (χ1) is 14.0. The minimum atomic E-state index is -0.523. The number of aromatic nitrogens is 1. The van der Waals surface area contributed by atoms with E-state index >= 15 is 0 Å². The van der Waals surface area contributed by atoms with Crippen molar-refractivity contribution in [2.24, 2.45) is 7.05 Å². The van der Waals surface area contributed by atoms with Crippen LogP contribution in [0.2, 0.25) is 0 Å². The molecule has 7 heteroatoms. The van der Waals surface area contributed by atoms with Crippen LogP contribution in [0.15, 0.2) is 53.1 Å². The Morgan fingerprint density at radius 2 is 1.83 bits per heavy atom. The fourth-order valence-electron chi connectivity index (χ4n) is 3.43. The van der Waals surface area contributed by atoms with Crippen molar-refractivity contribution in [1.82, 2.24) is 15.4 Å². The van der Waals surface area contributed by atoms with Gasteiger partial charge in [-0.25, -0.2) is 0 Å². The van der Waals surface area contributed by atoms with Crippen LogP contribution < -0.4 is 15.6 Å². The molecule has 0 radical (unpaired) electrons. The van der Waals surface area contributed by atoms with Crippen LogP contribution in [-0.4, -0.2) is 23.0 Å². The van der Waals surface area contributed by atoms with Crippen molar-refractivity contribution < 1.29 is 18.7 Å². The third-order valence-corrected chi connectivity index (χ3v) is 4.86. The molecule has 0 spiro atoms. The van der Waals surface area contributed by atoms with E-state index in [2.05, 4.69) is 10.9 Å². The van der Waals surface area contributed by atoms with Crippen LogP contribution >= 0.6 is 0 Å². The van der Waals surface area contributed by atoms with E-state index in [4.69, 9.17) is 9.15 Å². The van der Waals surface area contributed by atoms with Gasteiger partial charge < -0.3 is 13.7 Å². The predicted molar refractivity (Wildman–Crippen MR) is 110 cm³/mol. The van der Waals surface area contributed by atoms with Crippen LogP contribution in [0.5, 0.6) is 5.75 Å². The van der Waals surface area contributed by atoms with E-state index in [0.717, 1.165) is 16.3 Å². The lowest BCUT2D eigenvalue weighted by Crippen LogP contribution is -2.41. The zero-order valence-corrected chi connectivity index (χ0v) is 16.4. The van der Waals surface area contributed by atoms with Crippen molar-refractivity contribution in [3.05, 3.63) is 65.5 Å². The van der Waals surface area contributed by atoms with Gasteiger partial charge in [-0.15, -0.1) is 0 Å². The number of hydrogen-bond acceptors (Lipinski definition) is 4. The number of ether oxygens (including phenoxy) is 1. The largest absolute Gasteiger partial charge is 0.494 e. The van der Waals surface area contributed by atoms with Gasteiger partial charge in [0.1, 0.15) is 11.3 Å². The average molecular weight is 391 g/mol. The molecular weight excluding hydrogens is 370 g/mol. The van der Waals surface area contributed by atoms with Crippen LogP contribution in [0, 0.1) is 6.92 Å². The molecule has 0 saturated heterocycles. The van der Waals surface area contributed by atoms with E-state index in [-0.39, 0.29) is 5.76 Å². The van der Waals surface area contributed by atoms with Gasteiger partial charge in [0, 0.05) is 35.1 Å². The standard InChI is InChI=1S/C22H21N3O4/c1-4-28-14-9-10-19-16(11-14)13(2)20(29-19)22(27)24-23-21(26)17-12-25(3)18-8-6-5-7-15(17)18/h5-12H,4H2,1-3H3,(H,23,26)(H,24,27). The third-order valence-electron chi connectivity index (χ3n) is 4.86. The number of amides is 2. The Morgan fingerprint density at radius 3 is 2.62 bits per heavy atom. The minimum absolute atomic E-state index is 0.145. The first-order valence-corrected chi connectivity index (χ1v) is 9.30. The van der Waals surface area contributed by atoms with Gasteiger partial charge in [0.25, 0.3) is 5.91 Å². The maximum Gasteiger partial charge on any atom is 0.305 e. The van der Waals surface area contributed by atoms with Crippen molar-refractivity contribution in [1.29, 1.82) is 0 Å². The van der Waals surface area contributed by atoms with E-state index in [1.165, 1.54) is 0 Å². The molecular formula is C22H21N3O4. The van der Waals surface area contributed by atoms with Gasteiger partial charge in [-0.05, 0) is 38.1 Å². The molecule has 0 unspecified atom stereocenters. The van der Waals surface area contributed by atoms with Gasteiger partial charge >= 0.3 is 5.91 Å². The van der Waals surface area contributed by atoms with Crippen molar-refractivity contribution >= 4 is 33.7 Å². The Balaban J connectivity index is 1.53. The quantitative estimate of drug-likeness (QED) is 0.520. The summed E-state index contributed by atoms with van der Waals surface area (Å²) in [6.45, 7) is 4.25. The number of fused-ring (bicyclic) bond motifs is 2. The average Bonchev–Trinajstić information content (AvgIpc) is 3.24. The van der Waals surface area contributed by atoms with E-state index in [9.17, 15) is 9.59 Å². The van der Waals surface area contributed by atoms with E-state index < -0.39 is 11.8 Å². The summed E-state index contributed by atoms with van der Waals surface area (Å²) in [4.78, 5) is 25.2. The molecule has 0 aliphatic heterocycles. The summed E-state index contributed by atoms with van der Waals surface area (Å²) in [5.41, 5.74) is 7.58. The van der Waals surface area contributed by atoms with E-state index in [1.54, 1.807) is 25.3 Å². The van der Waals surface area contributed by atoms with Crippen molar-refractivity contribution in [2.75, 3.05) is 6.61 Å². The molecule has 2 N–H and O–H groups in total. The normalized spacial score (nSPS) is 11.0. The molecule has 4 rings (SSSR count). The Bertz CT molecular complexity index is 1240. The lowest BCUT2D eigenvalue weighted by atomic mass is 10.1. The number of hydrogen-bond donors (Lipinski definition) is 2. The van der Waals surface area contributed by atoms with E-state index in [0.29, 0.717) is 29.1 Å². The highest BCUT2D eigenvalue weighted by Gasteiger charge is 2.20. The first kappa shape index (κ1) is 18.6. The molecule has 0 aliphatic rings. The molecule has 2 aromatic carbocycles. The number of rotatable bonds is 4. The minimum Gasteiger partial charge on any atom is -0.494 e. The number of nitrogens with zero attached hydrogens (tertiary/aromatic N) is 1. The second-order valence-corrected chi connectivity index (χ2v) is 6.73. The second kappa shape index (κ2) is 7.35. The number of nitrogens with one attached hydrogen (secondary N) is 2. The van der Waals surface area contributed by atoms with Gasteiger partial charge in [-0.1, -0.05) is 18.2 Å². The monoisotopic (exact) mass is 391 g/mol. The fourth-order valence-corrected chi connectivity index (χ4v) is 3.43. The molecule has 2 aromatic heterocycles. The zero-order chi connectivity index (χ0) is 20.5. The maximum atomic E-state index is 12.6. The number of aryl methyl sites for hydroxylation is 2.